The molecule has 1 fully saturated rings. The number of benzene rings is 2. The molecule has 3 aromatic heterocycles. The van der Waals surface area contributed by atoms with Crippen LogP contribution in [0.15, 0.2) is 73.2 Å². The zero-order chi connectivity index (χ0) is 36.9. The van der Waals surface area contributed by atoms with Crippen molar-refractivity contribution in [3.63, 3.8) is 0 Å². The van der Waals surface area contributed by atoms with E-state index in [1.54, 1.807) is 24.5 Å². The van der Waals surface area contributed by atoms with Crippen molar-refractivity contribution in [2.45, 2.75) is 25.1 Å². The molecule has 16 heteroatoms. The Hall–Kier alpha value is -6.39. The Labute approximate surface area is 301 Å². The number of aliphatic hydroxyl groups is 1. The molecule has 0 bridgehead atoms. The molecule has 0 saturated carbocycles. The Morgan fingerprint density at radius 1 is 0.887 bits per heavy atom. The summed E-state index contributed by atoms with van der Waals surface area (Å²) in [7, 11) is 0. The van der Waals surface area contributed by atoms with Crippen LogP contribution >= 0.6 is 0 Å². The van der Waals surface area contributed by atoms with Crippen molar-refractivity contribution in [1.82, 2.24) is 35.8 Å². The van der Waals surface area contributed by atoms with Gasteiger partial charge < -0.3 is 34.9 Å². The Kier molecular flexibility index (Phi) is 10.2. The van der Waals surface area contributed by atoms with E-state index >= 15 is 0 Å². The van der Waals surface area contributed by atoms with E-state index in [9.17, 15) is 29.1 Å². The van der Waals surface area contributed by atoms with Crippen LogP contribution < -0.4 is 25.4 Å². The van der Waals surface area contributed by atoms with Gasteiger partial charge in [0.05, 0.1) is 24.3 Å². The lowest BCUT2D eigenvalue weighted by molar-refractivity contribution is -0.139. The Balaban J connectivity index is 0.776. The number of amides is 5. The van der Waals surface area contributed by atoms with Gasteiger partial charge in [0.2, 0.25) is 17.7 Å². The Morgan fingerprint density at radius 2 is 1.66 bits per heavy atom. The lowest BCUT2D eigenvalue weighted by atomic mass is 10.0. The molecule has 53 heavy (non-hydrogen) atoms. The fourth-order valence-corrected chi connectivity index (χ4v) is 6.35. The van der Waals surface area contributed by atoms with Crippen molar-refractivity contribution in [3.8, 4) is 22.8 Å². The van der Waals surface area contributed by atoms with Gasteiger partial charge in [-0.15, -0.1) is 0 Å². The van der Waals surface area contributed by atoms with Crippen molar-refractivity contribution in [2.24, 2.45) is 0 Å². The Morgan fingerprint density at radius 3 is 2.42 bits per heavy atom. The van der Waals surface area contributed by atoms with Crippen LogP contribution in [0.1, 0.15) is 35.0 Å². The van der Waals surface area contributed by atoms with E-state index in [0.717, 1.165) is 37.8 Å². The van der Waals surface area contributed by atoms with Gasteiger partial charge in [0, 0.05) is 71.5 Å². The molecule has 5 aromatic rings. The summed E-state index contributed by atoms with van der Waals surface area (Å²) >= 11 is 0. The molecular weight excluding hydrogens is 686 g/mol. The maximum atomic E-state index is 13.0. The number of aromatic nitrogens is 3. The predicted molar refractivity (Wildman–Crippen MR) is 188 cm³/mol. The topological polar surface area (TPSA) is 214 Å². The van der Waals surface area contributed by atoms with Gasteiger partial charge in [-0.1, -0.05) is 18.2 Å². The first-order valence-electron chi connectivity index (χ1n) is 16.9. The van der Waals surface area contributed by atoms with E-state index in [0.29, 0.717) is 5.88 Å². The second-order valence-corrected chi connectivity index (χ2v) is 12.4. The number of nitrogens with zero attached hydrogens (tertiary/aromatic N) is 3. The van der Waals surface area contributed by atoms with Crippen LogP contribution in [-0.4, -0.2) is 100 Å². The van der Waals surface area contributed by atoms with Gasteiger partial charge in [-0.2, -0.15) is 0 Å². The minimum absolute atomic E-state index is 0.0412. The molecule has 7 rings (SSSR count). The third-order valence-electron chi connectivity index (χ3n) is 8.92. The molecule has 5 heterocycles. The van der Waals surface area contributed by atoms with E-state index in [1.807, 2.05) is 30.5 Å². The number of aromatic amines is 1. The third kappa shape index (κ3) is 7.63. The van der Waals surface area contributed by atoms with Crippen LogP contribution in [0.4, 0.5) is 0 Å². The summed E-state index contributed by atoms with van der Waals surface area (Å²) in [5, 5.41) is 20.6. The lowest BCUT2D eigenvalue weighted by Crippen LogP contribution is -2.53. The first-order valence-corrected chi connectivity index (χ1v) is 16.9. The van der Waals surface area contributed by atoms with Crippen LogP contribution in [0, 0.1) is 0 Å². The van der Waals surface area contributed by atoms with E-state index in [-0.39, 0.29) is 68.5 Å². The number of piperidine rings is 1. The number of hydrogen-bond donors (Lipinski definition) is 5. The fourth-order valence-electron chi connectivity index (χ4n) is 6.35. The van der Waals surface area contributed by atoms with Gasteiger partial charge in [0.25, 0.3) is 17.7 Å². The van der Waals surface area contributed by atoms with Crippen molar-refractivity contribution in [3.05, 3.63) is 84.3 Å². The number of carbonyl (C=O) groups excluding carboxylic acids is 5. The van der Waals surface area contributed by atoms with Gasteiger partial charge in [-0.05, 0) is 42.3 Å². The number of ether oxygens (including phenoxy) is 3. The van der Waals surface area contributed by atoms with Crippen molar-refractivity contribution < 1.29 is 43.3 Å². The predicted octanol–water partition coefficient (Wildman–Crippen LogP) is 1.74. The van der Waals surface area contributed by atoms with Crippen LogP contribution in [0.3, 0.4) is 0 Å². The number of rotatable bonds is 14. The molecule has 0 spiro atoms. The quantitative estimate of drug-likeness (QED) is 0.0823. The summed E-state index contributed by atoms with van der Waals surface area (Å²) in [6, 6.07) is 15.2. The third-order valence-corrected chi connectivity index (χ3v) is 8.92. The highest BCUT2D eigenvalue weighted by Gasteiger charge is 2.45. The normalized spacial score (nSPS) is 16.8. The molecule has 5 N–H and O–H groups in total. The highest BCUT2D eigenvalue weighted by Crippen LogP contribution is 2.40. The molecule has 2 aliphatic rings. The molecule has 272 valence electrons. The molecule has 0 radical (unpaired) electrons. The minimum atomic E-state index is -1.48. The number of hydrogen-bond acceptors (Lipinski definition) is 11. The van der Waals surface area contributed by atoms with Gasteiger partial charge in [-0.25, -0.2) is 4.98 Å². The number of pyridine rings is 2. The molecule has 2 aliphatic heterocycles. The standard InChI is InChI=1S/C37H35N7O9/c45-30-8-7-28(35(48)43-30)44-36(49)24-2-1-3-29(34(24)37(44)50)52-19-31(46)39-12-14-51-15-13-40-32(47)20-53-33-9-5-22(17-41-33)21-4-6-23-25-18-38-11-10-26(25)42-27(23)16-21/h1-6,9-11,16-18,28,37,42,50H,7-8,12-15,19-20H2,(H,39,46)(H,40,47)(H,43,45,48). The highest BCUT2D eigenvalue weighted by molar-refractivity contribution is 6.08. The Bertz CT molecular complexity index is 2200. The highest BCUT2D eigenvalue weighted by atomic mass is 16.5. The zero-order valence-electron chi connectivity index (χ0n) is 28.3. The first kappa shape index (κ1) is 35.0. The van der Waals surface area contributed by atoms with E-state index in [4.69, 9.17) is 14.2 Å². The minimum Gasteiger partial charge on any atom is -0.483 e. The molecule has 2 aromatic carbocycles. The fraction of sp³-hybridized carbons (Fsp3) is 0.270. The number of nitrogens with one attached hydrogen (secondary N) is 4. The average molecular weight is 722 g/mol. The van der Waals surface area contributed by atoms with Crippen molar-refractivity contribution >= 4 is 51.3 Å². The van der Waals surface area contributed by atoms with Gasteiger partial charge in [0.15, 0.2) is 19.4 Å². The number of imide groups is 1. The monoisotopic (exact) mass is 721 g/mol. The SMILES string of the molecule is O=C(COc1ccc(-c2ccc3c(c2)[nH]c2ccncc23)cn1)NCCOCCNC(=O)COc1cccc2c1C(O)N(C1CCC(=O)NC1=O)C2=O. The molecule has 2 atom stereocenters. The maximum Gasteiger partial charge on any atom is 0.258 e. The van der Waals surface area contributed by atoms with Crippen molar-refractivity contribution in [2.75, 3.05) is 39.5 Å². The maximum absolute atomic E-state index is 13.0. The van der Waals surface area contributed by atoms with Crippen LogP contribution in [-0.2, 0) is 23.9 Å². The van der Waals surface area contributed by atoms with Crippen LogP contribution in [0.2, 0.25) is 0 Å². The van der Waals surface area contributed by atoms with Gasteiger partial charge in [0.1, 0.15) is 11.8 Å². The number of fused-ring (bicyclic) bond motifs is 4. The van der Waals surface area contributed by atoms with E-state index in [2.05, 4.69) is 37.0 Å². The van der Waals surface area contributed by atoms with Gasteiger partial charge >= 0.3 is 0 Å². The van der Waals surface area contributed by atoms with Gasteiger partial charge in [-0.3, -0.25) is 39.2 Å². The molecule has 0 aliphatic carbocycles. The zero-order valence-corrected chi connectivity index (χ0v) is 28.3. The van der Waals surface area contributed by atoms with E-state index in [1.165, 1.54) is 12.1 Å². The summed E-state index contributed by atoms with van der Waals surface area (Å²) in [5.41, 5.74) is 4.20. The molecular formula is C37H35N7O9. The molecule has 5 amide bonds. The van der Waals surface area contributed by atoms with Crippen LogP contribution in [0.5, 0.6) is 11.6 Å². The van der Waals surface area contributed by atoms with Crippen molar-refractivity contribution in [1.29, 1.82) is 0 Å². The summed E-state index contributed by atoms with van der Waals surface area (Å²) in [6.45, 7) is 0.158. The first-order chi connectivity index (χ1) is 25.8. The summed E-state index contributed by atoms with van der Waals surface area (Å²) in [6.07, 6.45) is 3.93. The molecule has 16 nitrogen and oxygen atoms in total. The molecule has 1 saturated heterocycles. The lowest BCUT2D eigenvalue weighted by Gasteiger charge is -2.32. The molecule has 2 unspecified atom stereocenters. The largest absolute Gasteiger partial charge is 0.483 e. The average Bonchev–Trinajstić information content (AvgIpc) is 3.66. The van der Waals surface area contributed by atoms with E-state index < -0.39 is 42.5 Å². The summed E-state index contributed by atoms with van der Waals surface area (Å²) in [5.74, 6) is -2.05. The smallest absolute Gasteiger partial charge is 0.258 e. The second-order valence-electron chi connectivity index (χ2n) is 12.4. The second kappa shape index (κ2) is 15.5. The number of aliphatic hydroxyl groups excluding tert-OH is 1. The van der Waals surface area contributed by atoms with Crippen LogP contribution in [0.25, 0.3) is 32.9 Å². The number of carbonyl (C=O) groups is 5. The summed E-state index contributed by atoms with van der Waals surface area (Å²) < 4.78 is 16.6. The number of H-pyrrole nitrogens is 1. The summed E-state index contributed by atoms with van der Waals surface area (Å²) in [4.78, 5) is 74.5.